The number of carboxylic acids is 1. The fraction of sp³-hybridized carbons (Fsp3) is 0.267. The number of carbonyl (C=O) groups is 1. The molecule has 2 rings (SSSR count). The van der Waals surface area contributed by atoms with Crippen LogP contribution in [0.5, 0.6) is 11.5 Å². The lowest BCUT2D eigenvalue weighted by Gasteiger charge is -2.09. The van der Waals surface area contributed by atoms with Crippen molar-refractivity contribution in [2.45, 2.75) is 20.1 Å². The molecule has 7 heteroatoms. The first-order chi connectivity index (χ1) is 10.7. The smallest absolute Gasteiger partial charge is 0.358 e. The average molecular weight is 303 g/mol. The Balaban J connectivity index is 2.11. The van der Waals surface area contributed by atoms with E-state index in [1.54, 1.807) is 30.3 Å². The van der Waals surface area contributed by atoms with Crippen LogP contribution in [0.3, 0.4) is 0 Å². The van der Waals surface area contributed by atoms with E-state index in [9.17, 15) is 4.79 Å². The second-order valence-electron chi connectivity index (χ2n) is 4.35. The largest absolute Gasteiger partial charge is 0.494 e. The Morgan fingerprint density at radius 2 is 1.95 bits per heavy atom. The first-order valence-corrected chi connectivity index (χ1v) is 6.78. The number of hydrogen-bond donors (Lipinski definition) is 1. The van der Waals surface area contributed by atoms with Gasteiger partial charge in [0.05, 0.1) is 13.2 Å². The van der Waals surface area contributed by atoms with Crippen molar-refractivity contribution in [3.63, 3.8) is 0 Å². The molecule has 0 unspecified atom stereocenters. The van der Waals surface area contributed by atoms with Crippen LogP contribution in [0.1, 0.15) is 23.1 Å². The third kappa shape index (κ3) is 3.63. The summed E-state index contributed by atoms with van der Waals surface area (Å²) in [6, 6.07) is 7.09. The third-order valence-electron chi connectivity index (χ3n) is 2.85. The molecule has 0 radical (unpaired) electrons. The zero-order valence-corrected chi connectivity index (χ0v) is 12.2. The summed E-state index contributed by atoms with van der Waals surface area (Å²) in [6.07, 6.45) is 1.61. The van der Waals surface area contributed by atoms with E-state index in [0.717, 1.165) is 5.75 Å². The van der Waals surface area contributed by atoms with Crippen molar-refractivity contribution in [2.75, 3.05) is 6.61 Å². The van der Waals surface area contributed by atoms with Gasteiger partial charge in [0.25, 0.3) is 0 Å². The maximum absolute atomic E-state index is 11.2. The molecule has 0 aliphatic rings. The van der Waals surface area contributed by atoms with E-state index in [1.807, 2.05) is 6.92 Å². The molecule has 116 valence electrons. The second-order valence-corrected chi connectivity index (χ2v) is 4.35. The average Bonchev–Trinajstić information content (AvgIpc) is 2.90. The number of aromatic carboxylic acids is 1. The molecular formula is C15H17N3O4. The highest BCUT2D eigenvalue weighted by molar-refractivity contribution is 5.86. The lowest BCUT2D eigenvalue weighted by Crippen LogP contribution is -2.10. The molecule has 7 nitrogen and oxygen atoms in total. The molecule has 0 bridgehead atoms. The van der Waals surface area contributed by atoms with Crippen molar-refractivity contribution in [1.29, 1.82) is 0 Å². The highest BCUT2D eigenvalue weighted by atomic mass is 16.5. The lowest BCUT2D eigenvalue weighted by molar-refractivity contribution is 0.0687. The van der Waals surface area contributed by atoms with Crippen LogP contribution in [0.15, 0.2) is 36.9 Å². The van der Waals surface area contributed by atoms with Crippen molar-refractivity contribution in [1.82, 2.24) is 15.0 Å². The fourth-order valence-electron chi connectivity index (χ4n) is 1.86. The number of nitrogens with zero attached hydrogens (tertiary/aromatic N) is 3. The highest BCUT2D eigenvalue weighted by Crippen LogP contribution is 2.19. The van der Waals surface area contributed by atoms with E-state index in [-0.39, 0.29) is 12.3 Å². The van der Waals surface area contributed by atoms with Gasteiger partial charge in [-0.2, -0.15) is 0 Å². The van der Waals surface area contributed by atoms with E-state index in [2.05, 4.69) is 16.9 Å². The van der Waals surface area contributed by atoms with Gasteiger partial charge in [0.1, 0.15) is 23.8 Å². The summed E-state index contributed by atoms with van der Waals surface area (Å²) in [5, 5.41) is 16.6. The zero-order chi connectivity index (χ0) is 15.9. The van der Waals surface area contributed by atoms with Crippen LogP contribution < -0.4 is 9.47 Å². The molecule has 1 heterocycles. The summed E-state index contributed by atoms with van der Waals surface area (Å²) in [4.78, 5) is 11.2. The lowest BCUT2D eigenvalue weighted by atomic mass is 10.3. The summed E-state index contributed by atoms with van der Waals surface area (Å²) in [5.41, 5.74) is 0.272. The molecule has 2 aromatic rings. The van der Waals surface area contributed by atoms with Gasteiger partial charge in [0.2, 0.25) is 0 Å². The number of carboxylic acid groups (broad SMARTS) is 1. The summed E-state index contributed by atoms with van der Waals surface area (Å²) in [5.74, 6) is 0.214. The van der Waals surface area contributed by atoms with Gasteiger partial charge in [0, 0.05) is 0 Å². The Kier molecular flexibility index (Phi) is 5.13. The summed E-state index contributed by atoms with van der Waals surface area (Å²) in [7, 11) is 0. The SMILES string of the molecule is C=CCn1nnc(C(=O)O)c1COc1ccc(OCC)cc1. The van der Waals surface area contributed by atoms with Crippen LogP contribution in [0.25, 0.3) is 0 Å². The van der Waals surface area contributed by atoms with Crippen LogP contribution in [-0.4, -0.2) is 32.7 Å². The van der Waals surface area contributed by atoms with Crippen LogP contribution >= 0.6 is 0 Å². The summed E-state index contributed by atoms with van der Waals surface area (Å²) >= 11 is 0. The summed E-state index contributed by atoms with van der Waals surface area (Å²) < 4.78 is 12.4. The van der Waals surface area contributed by atoms with Crippen molar-refractivity contribution in [3.8, 4) is 11.5 Å². The van der Waals surface area contributed by atoms with Crippen molar-refractivity contribution in [3.05, 3.63) is 48.3 Å². The predicted octanol–water partition coefficient (Wildman–Crippen LogP) is 2.14. The zero-order valence-electron chi connectivity index (χ0n) is 12.2. The Morgan fingerprint density at radius 3 is 2.50 bits per heavy atom. The minimum absolute atomic E-state index is 0.0520. The maximum Gasteiger partial charge on any atom is 0.358 e. The van der Waals surface area contributed by atoms with Crippen LogP contribution in [0.4, 0.5) is 0 Å². The van der Waals surface area contributed by atoms with Crippen LogP contribution in [-0.2, 0) is 13.2 Å². The normalized spacial score (nSPS) is 10.2. The van der Waals surface area contributed by atoms with E-state index in [0.29, 0.717) is 24.6 Å². The van der Waals surface area contributed by atoms with Gasteiger partial charge in [-0.15, -0.1) is 11.7 Å². The molecule has 0 amide bonds. The number of allylic oxidation sites excluding steroid dienone is 1. The van der Waals surface area contributed by atoms with Crippen molar-refractivity contribution >= 4 is 5.97 Å². The van der Waals surface area contributed by atoms with Crippen LogP contribution in [0.2, 0.25) is 0 Å². The predicted molar refractivity (Wildman–Crippen MR) is 79.1 cm³/mol. The second kappa shape index (κ2) is 7.26. The molecule has 1 aromatic carbocycles. The topological polar surface area (TPSA) is 86.5 Å². The third-order valence-corrected chi connectivity index (χ3v) is 2.85. The van der Waals surface area contributed by atoms with Gasteiger partial charge in [-0.1, -0.05) is 11.3 Å². The Morgan fingerprint density at radius 1 is 1.32 bits per heavy atom. The molecular weight excluding hydrogens is 286 g/mol. The molecule has 0 saturated heterocycles. The van der Waals surface area contributed by atoms with Gasteiger partial charge < -0.3 is 14.6 Å². The Hall–Kier alpha value is -2.83. The molecule has 1 aromatic heterocycles. The Labute approximate surface area is 127 Å². The molecule has 22 heavy (non-hydrogen) atoms. The number of aromatic nitrogens is 3. The minimum Gasteiger partial charge on any atom is -0.494 e. The quantitative estimate of drug-likeness (QED) is 0.752. The molecule has 0 aliphatic heterocycles. The maximum atomic E-state index is 11.2. The van der Waals surface area contributed by atoms with Gasteiger partial charge in [-0.25, -0.2) is 9.48 Å². The monoisotopic (exact) mass is 303 g/mol. The van der Waals surface area contributed by atoms with E-state index in [1.165, 1.54) is 4.68 Å². The van der Waals surface area contributed by atoms with E-state index in [4.69, 9.17) is 14.6 Å². The van der Waals surface area contributed by atoms with E-state index >= 15 is 0 Å². The molecule has 0 aliphatic carbocycles. The van der Waals surface area contributed by atoms with Gasteiger partial charge in [-0.05, 0) is 31.2 Å². The standard InChI is InChI=1S/C15H17N3O4/c1-3-9-18-13(14(15(19)20)16-17-18)10-22-12-7-5-11(6-8-12)21-4-2/h3,5-8H,1,4,9-10H2,2H3,(H,19,20). The number of hydrogen-bond acceptors (Lipinski definition) is 5. The number of ether oxygens (including phenoxy) is 2. The molecule has 0 fully saturated rings. The molecule has 0 atom stereocenters. The fourth-order valence-corrected chi connectivity index (χ4v) is 1.86. The molecule has 1 N–H and O–H groups in total. The number of benzene rings is 1. The summed E-state index contributed by atoms with van der Waals surface area (Å²) in [6.45, 7) is 6.52. The van der Waals surface area contributed by atoms with Gasteiger partial charge in [-0.3, -0.25) is 0 Å². The molecule has 0 saturated carbocycles. The molecule has 0 spiro atoms. The van der Waals surface area contributed by atoms with Gasteiger partial charge >= 0.3 is 5.97 Å². The van der Waals surface area contributed by atoms with Crippen molar-refractivity contribution < 1.29 is 19.4 Å². The highest BCUT2D eigenvalue weighted by Gasteiger charge is 2.19. The van der Waals surface area contributed by atoms with Gasteiger partial charge in [0.15, 0.2) is 5.69 Å². The van der Waals surface area contributed by atoms with Crippen LogP contribution in [0, 0.1) is 0 Å². The van der Waals surface area contributed by atoms with Crippen molar-refractivity contribution in [2.24, 2.45) is 0 Å². The first kappa shape index (κ1) is 15.6. The first-order valence-electron chi connectivity index (χ1n) is 6.78. The Bertz CT molecular complexity index is 649. The number of rotatable bonds is 8. The van der Waals surface area contributed by atoms with E-state index < -0.39 is 5.97 Å². The minimum atomic E-state index is -1.14.